The van der Waals surface area contributed by atoms with Crippen molar-refractivity contribution >= 4 is 45.8 Å². The quantitative estimate of drug-likeness (QED) is 0.127. The standard InChI is InChI=1S/C23H16BrN3O5/c24-19-10-11-21(32-22(28)12-9-16-5-2-1-3-6-16)18(13-19)15-25-26-23(29)17-7-4-8-20(14-17)27(30)31/h1-15H,(H,26,29)/b12-9+,25-15-. The van der Waals surface area contributed by atoms with Crippen molar-refractivity contribution in [3.05, 3.63) is 110 Å². The number of rotatable bonds is 7. The molecule has 0 aromatic heterocycles. The highest BCUT2D eigenvalue weighted by atomic mass is 79.9. The lowest BCUT2D eigenvalue weighted by atomic mass is 10.2. The van der Waals surface area contributed by atoms with Crippen LogP contribution >= 0.6 is 15.9 Å². The zero-order valence-electron chi connectivity index (χ0n) is 16.5. The van der Waals surface area contributed by atoms with E-state index in [-0.39, 0.29) is 17.0 Å². The van der Waals surface area contributed by atoms with Crippen molar-refractivity contribution < 1.29 is 19.2 Å². The van der Waals surface area contributed by atoms with Gasteiger partial charge in [0.15, 0.2) is 0 Å². The number of amides is 1. The van der Waals surface area contributed by atoms with Crippen LogP contribution < -0.4 is 10.2 Å². The fraction of sp³-hybridized carbons (Fsp3) is 0. The largest absolute Gasteiger partial charge is 0.423 e. The summed E-state index contributed by atoms with van der Waals surface area (Å²) in [7, 11) is 0. The number of benzene rings is 3. The molecule has 8 nitrogen and oxygen atoms in total. The van der Waals surface area contributed by atoms with Crippen LogP contribution in [0.15, 0.2) is 88.4 Å². The van der Waals surface area contributed by atoms with E-state index in [2.05, 4.69) is 26.5 Å². The minimum Gasteiger partial charge on any atom is -0.423 e. The van der Waals surface area contributed by atoms with Gasteiger partial charge in [-0.15, -0.1) is 0 Å². The van der Waals surface area contributed by atoms with Crippen LogP contribution in [0.3, 0.4) is 0 Å². The maximum Gasteiger partial charge on any atom is 0.336 e. The molecular formula is C23H16BrN3O5. The molecule has 0 saturated heterocycles. The molecule has 9 heteroatoms. The first-order valence-corrected chi connectivity index (χ1v) is 10.0. The highest BCUT2D eigenvalue weighted by molar-refractivity contribution is 9.10. The highest BCUT2D eigenvalue weighted by Crippen LogP contribution is 2.22. The number of carbonyl (C=O) groups excluding carboxylic acids is 2. The number of halogens is 1. The van der Waals surface area contributed by atoms with Crippen LogP contribution in [-0.2, 0) is 4.79 Å². The third-order valence-electron chi connectivity index (χ3n) is 4.08. The normalized spacial score (nSPS) is 10.9. The third-order valence-corrected chi connectivity index (χ3v) is 4.58. The molecule has 0 unspecified atom stereocenters. The van der Waals surface area contributed by atoms with Gasteiger partial charge in [-0.3, -0.25) is 14.9 Å². The van der Waals surface area contributed by atoms with Gasteiger partial charge in [-0.2, -0.15) is 5.10 Å². The Morgan fingerprint density at radius 2 is 1.81 bits per heavy atom. The van der Waals surface area contributed by atoms with E-state index in [1.54, 1.807) is 24.3 Å². The summed E-state index contributed by atoms with van der Waals surface area (Å²) in [5, 5.41) is 14.7. The number of esters is 1. The minimum atomic E-state index is -0.621. The van der Waals surface area contributed by atoms with Crippen LogP contribution in [0.4, 0.5) is 5.69 Å². The van der Waals surface area contributed by atoms with Crippen molar-refractivity contribution in [2.45, 2.75) is 0 Å². The number of nitrogens with zero attached hydrogens (tertiary/aromatic N) is 2. The fourth-order valence-corrected chi connectivity index (χ4v) is 2.95. The number of nitrogens with one attached hydrogen (secondary N) is 1. The van der Waals surface area contributed by atoms with E-state index in [4.69, 9.17) is 4.74 Å². The lowest BCUT2D eigenvalue weighted by molar-refractivity contribution is -0.384. The molecule has 3 aromatic rings. The summed E-state index contributed by atoms with van der Waals surface area (Å²) in [5.74, 6) is -0.958. The average molecular weight is 494 g/mol. The molecule has 0 aliphatic rings. The Balaban J connectivity index is 1.69. The molecule has 32 heavy (non-hydrogen) atoms. The number of nitro groups is 1. The SMILES string of the molecule is O=C(/C=C/c1ccccc1)Oc1ccc(Br)cc1/C=N\NC(=O)c1cccc([N+](=O)[O-])c1. The summed E-state index contributed by atoms with van der Waals surface area (Å²) >= 11 is 3.34. The lowest BCUT2D eigenvalue weighted by Gasteiger charge is -2.06. The molecule has 3 rings (SSSR count). The van der Waals surface area contributed by atoms with Gasteiger partial charge in [0.05, 0.1) is 11.1 Å². The van der Waals surface area contributed by atoms with Crippen LogP contribution in [0, 0.1) is 10.1 Å². The number of ether oxygens (including phenoxy) is 1. The number of hydrogen-bond donors (Lipinski definition) is 1. The first-order chi connectivity index (χ1) is 15.4. The van der Waals surface area contributed by atoms with Crippen LogP contribution in [0.2, 0.25) is 0 Å². The molecule has 1 N–H and O–H groups in total. The molecule has 0 atom stereocenters. The molecule has 0 aliphatic heterocycles. The van der Waals surface area contributed by atoms with Crippen molar-refractivity contribution in [2.24, 2.45) is 5.10 Å². The molecule has 0 radical (unpaired) electrons. The summed E-state index contributed by atoms with van der Waals surface area (Å²) in [4.78, 5) is 34.7. The van der Waals surface area contributed by atoms with Crippen molar-refractivity contribution in [1.29, 1.82) is 0 Å². The Hall–Kier alpha value is -4.11. The summed E-state index contributed by atoms with van der Waals surface area (Å²) in [6.07, 6.45) is 4.25. The van der Waals surface area contributed by atoms with E-state index in [0.29, 0.717) is 10.0 Å². The zero-order chi connectivity index (χ0) is 22.9. The van der Waals surface area contributed by atoms with E-state index < -0.39 is 16.8 Å². The summed E-state index contributed by atoms with van der Waals surface area (Å²) in [5.41, 5.74) is 3.47. The van der Waals surface area contributed by atoms with Crippen LogP contribution in [0.25, 0.3) is 6.08 Å². The van der Waals surface area contributed by atoms with Crippen molar-refractivity contribution in [1.82, 2.24) is 5.43 Å². The number of carbonyl (C=O) groups is 2. The number of hydrazone groups is 1. The first kappa shape index (κ1) is 22.6. The van der Waals surface area contributed by atoms with Gasteiger partial charge in [0.1, 0.15) is 5.75 Å². The van der Waals surface area contributed by atoms with Crippen LogP contribution in [-0.4, -0.2) is 23.0 Å². The van der Waals surface area contributed by atoms with Crippen LogP contribution in [0.1, 0.15) is 21.5 Å². The van der Waals surface area contributed by atoms with Gasteiger partial charge in [0.25, 0.3) is 11.6 Å². The molecule has 3 aromatic carbocycles. The molecule has 160 valence electrons. The van der Waals surface area contributed by atoms with Gasteiger partial charge in [0.2, 0.25) is 0 Å². The maximum absolute atomic E-state index is 12.2. The van der Waals surface area contributed by atoms with Crippen molar-refractivity contribution in [3.8, 4) is 5.75 Å². The molecule has 0 heterocycles. The fourth-order valence-electron chi connectivity index (χ4n) is 2.57. The number of hydrogen-bond acceptors (Lipinski definition) is 6. The number of nitro benzene ring substituents is 1. The summed E-state index contributed by atoms with van der Waals surface area (Å²) in [6, 6.07) is 19.5. The van der Waals surface area contributed by atoms with Crippen LogP contribution in [0.5, 0.6) is 5.75 Å². The Morgan fingerprint density at radius 3 is 2.56 bits per heavy atom. The van der Waals surface area contributed by atoms with Gasteiger partial charge < -0.3 is 4.74 Å². The minimum absolute atomic E-state index is 0.0864. The van der Waals surface area contributed by atoms with Gasteiger partial charge in [-0.1, -0.05) is 52.3 Å². The third kappa shape index (κ3) is 6.44. The summed E-state index contributed by atoms with van der Waals surface area (Å²) < 4.78 is 6.09. The van der Waals surface area contributed by atoms with Gasteiger partial charge in [0, 0.05) is 33.8 Å². The van der Waals surface area contributed by atoms with Gasteiger partial charge >= 0.3 is 5.97 Å². The molecule has 0 spiro atoms. The monoisotopic (exact) mass is 493 g/mol. The lowest BCUT2D eigenvalue weighted by Crippen LogP contribution is -2.17. The van der Waals surface area contributed by atoms with Crippen molar-refractivity contribution in [2.75, 3.05) is 0 Å². The van der Waals surface area contributed by atoms with E-state index in [1.165, 1.54) is 30.5 Å². The maximum atomic E-state index is 12.2. The Morgan fingerprint density at radius 1 is 1.03 bits per heavy atom. The predicted molar refractivity (Wildman–Crippen MR) is 123 cm³/mol. The molecule has 0 aliphatic carbocycles. The molecule has 0 saturated carbocycles. The predicted octanol–water partition coefficient (Wildman–Crippen LogP) is 4.74. The second kappa shape index (κ2) is 10.8. The molecule has 0 bridgehead atoms. The molecule has 1 amide bonds. The zero-order valence-corrected chi connectivity index (χ0v) is 18.1. The topological polar surface area (TPSA) is 111 Å². The highest BCUT2D eigenvalue weighted by Gasteiger charge is 2.11. The second-order valence-corrected chi connectivity index (χ2v) is 7.27. The first-order valence-electron chi connectivity index (χ1n) is 9.25. The van der Waals surface area contributed by atoms with Gasteiger partial charge in [-0.25, -0.2) is 10.2 Å². The second-order valence-electron chi connectivity index (χ2n) is 6.35. The van der Waals surface area contributed by atoms with Crippen molar-refractivity contribution in [3.63, 3.8) is 0 Å². The van der Waals surface area contributed by atoms with Gasteiger partial charge in [-0.05, 0) is 35.9 Å². The summed E-state index contributed by atoms with van der Waals surface area (Å²) in [6.45, 7) is 0. The smallest absolute Gasteiger partial charge is 0.336 e. The Kier molecular flexibility index (Phi) is 7.60. The Labute approximate surface area is 191 Å². The Bertz CT molecular complexity index is 1210. The average Bonchev–Trinajstić information content (AvgIpc) is 2.80. The van der Waals surface area contributed by atoms with E-state index >= 15 is 0 Å². The molecule has 0 fully saturated rings. The number of non-ortho nitro benzene ring substituents is 1. The van der Waals surface area contributed by atoms with E-state index in [9.17, 15) is 19.7 Å². The van der Waals surface area contributed by atoms with E-state index in [1.807, 2.05) is 30.3 Å². The molecular weight excluding hydrogens is 478 g/mol. The van der Waals surface area contributed by atoms with E-state index in [0.717, 1.165) is 11.6 Å².